The number of fused-ring (bicyclic) bond motifs is 1. The lowest BCUT2D eigenvalue weighted by molar-refractivity contribution is 1.43. The summed E-state index contributed by atoms with van der Waals surface area (Å²) in [4.78, 5) is 0. The molecule has 0 saturated heterocycles. The Kier molecular flexibility index (Phi) is 10.9. The van der Waals surface area contributed by atoms with Crippen molar-refractivity contribution < 1.29 is 0 Å². The van der Waals surface area contributed by atoms with Crippen molar-refractivity contribution in [3.05, 3.63) is 261 Å². The highest BCUT2D eigenvalue weighted by Gasteiger charge is 2.09. The number of aryl methyl sites for hydroxylation is 2. The minimum atomic E-state index is 1.18. The van der Waals surface area contributed by atoms with Crippen LogP contribution in [0.15, 0.2) is 194 Å². The third-order valence-corrected chi connectivity index (χ3v) is 10.4. The number of benzene rings is 8. The molecule has 8 rings (SSSR count). The van der Waals surface area contributed by atoms with Gasteiger partial charge in [0, 0.05) is 0 Å². The first-order chi connectivity index (χ1) is 27.6. The molecule has 0 unspecified atom stereocenters. The lowest BCUT2D eigenvalue weighted by Crippen LogP contribution is -1.90. The average molecular weight is 717 g/mol. The Morgan fingerprint density at radius 1 is 0.304 bits per heavy atom. The van der Waals surface area contributed by atoms with E-state index in [4.69, 9.17) is 0 Å². The van der Waals surface area contributed by atoms with Crippen molar-refractivity contribution in [3.8, 4) is 0 Å². The molecule has 0 fully saturated rings. The maximum absolute atomic E-state index is 2.31. The molecule has 56 heavy (non-hydrogen) atoms. The molecule has 0 heteroatoms. The van der Waals surface area contributed by atoms with Crippen LogP contribution < -0.4 is 0 Å². The van der Waals surface area contributed by atoms with E-state index in [-0.39, 0.29) is 0 Å². The van der Waals surface area contributed by atoms with Crippen LogP contribution in [0.1, 0.15) is 66.8 Å². The van der Waals surface area contributed by atoms with Crippen LogP contribution in [0.5, 0.6) is 0 Å². The van der Waals surface area contributed by atoms with Gasteiger partial charge in [-0.1, -0.05) is 218 Å². The van der Waals surface area contributed by atoms with Crippen molar-refractivity contribution in [1.82, 2.24) is 0 Å². The maximum atomic E-state index is 2.31. The second-order valence-electron chi connectivity index (χ2n) is 14.3. The summed E-state index contributed by atoms with van der Waals surface area (Å²) in [6, 6.07) is 69.2. The van der Waals surface area contributed by atoms with E-state index in [1.54, 1.807) is 0 Å². The maximum Gasteiger partial charge on any atom is -0.0105 e. The fourth-order valence-corrected chi connectivity index (χ4v) is 7.39. The van der Waals surface area contributed by atoms with Crippen molar-refractivity contribution in [2.75, 3.05) is 0 Å². The zero-order chi connectivity index (χ0) is 38.1. The first kappa shape index (κ1) is 36.0. The lowest BCUT2D eigenvalue weighted by Gasteiger charge is -2.11. The molecule has 0 saturated carbocycles. The van der Waals surface area contributed by atoms with Crippen LogP contribution in [-0.4, -0.2) is 0 Å². The molecule has 0 atom stereocenters. The van der Waals surface area contributed by atoms with E-state index >= 15 is 0 Å². The topological polar surface area (TPSA) is 0 Å². The summed E-state index contributed by atoms with van der Waals surface area (Å²) in [6.45, 7) is 4.40. The zero-order valence-corrected chi connectivity index (χ0v) is 31.9. The van der Waals surface area contributed by atoms with Crippen molar-refractivity contribution in [1.29, 1.82) is 0 Å². The van der Waals surface area contributed by atoms with E-state index in [9.17, 15) is 0 Å². The Balaban J connectivity index is 1.03. The summed E-state index contributed by atoms with van der Waals surface area (Å²) >= 11 is 0. The van der Waals surface area contributed by atoms with Gasteiger partial charge in [0.2, 0.25) is 0 Å². The quantitative estimate of drug-likeness (QED) is 0.124. The second-order valence-corrected chi connectivity index (χ2v) is 14.3. The van der Waals surface area contributed by atoms with Gasteiger partial charge in [0.1, 0.15) is 0 Å². The van der Waals surface area contributed by atoms with Gasteiger partial charge in [-0.05, 0) is 115 Å². The van der Waals surface area contributed by atoms with Crippen molar-refractivity contribution in [2.45, 2.75) is 13.8 Å². The summed E-state index contributed by atoms with van der Waals surface area (Å²) in [6.07, 6.45) is 13.6. The molecule has 0 amide bonds. The first-order valence-corrected chi connectivity index (χ1v) is 19.3. The molecule has 0 aliphatic heterocycles. The Morgan fingerprint density at radius 3 is 0.929 bits per heavy atom. The minimum Gasteiger partial charge on any atom is -0.0622 e. The van der Waals surface area contributed by atoms with Crippen LogP contribution in [0.25, 0.3) is 58.4 Å². The Morgan fingerprint density at radius 2 is 0.607 bits per heavy atom. The number of hydrogen-bond donors (Lipinski definition) is 0. The SMILES string of the molecule is Cc1cc(C=Cc2ccc(C=Cc3ccc(C=C(c4ccccc4)c4ccccc4)c(C)c3)c3ccccc23)ccc1C=C(c1ccccc1)c1ccccc1. The summed E-state index contributed by atoms with van der Waals surface area (Å²) in [5.41, 5.74) is 17.0. The summed E-state index contributed by atoms with van der Waals surface area (Å²) < 4.78 is 0. The van der Waals surface area contributed by atoms with E-state index in [1.807, 2.05) is 0 Å². The molecule has 0 aromatic heterocycles. The van der Waals surface area contributed by atoms with Crippen LogP contribution in [-0.2, 0) is 0 Å². The average Bonchev–Trinajstić information content (AvgIpc) is 3.25. The molecular formula is C56H44. The molecule has 8 aromatic carbocycles. The smallest absolute Gasteiger partial charge is 0.0105 e. The Bertz CT molecular complexity index is 2440. The lowest BCUT2D eigenvalue weighted by atomic mass is 9.93. The fourth-order valence-electron chi connectivity index (χ4n) is 7.39. The summed E-state index contributed by atoms with van der Waals surface area (Å²) in [7, 11) is 0. The summed E-state index contributed by atoms with van der Waals surface area (Å²) in [5, 5.41) is 2.48. The first-order valence-electron chi connectivity index (χ1n) is 19.3. The molecule has 0 radical (unpaired) electrons. The molecule has 0 nitrogen and oxygen atoms in total. The van der Waals surface area contributed by atoms with Gasteiger partial charge >= 0.3 is 0 Å². The molecule has 0 spiro atoms. The van der Waals surface area contributed by atoms with Crippen LogP contribution in [0.2, 0.25) is 0 Å². The van der Waals surface area contributed by atoms with Crippen molar-refractivity contribution in [3.63, 3.8) is 0 Å². The molecule has 0 aliphatic carbocycles. The number of hydrogen-bond acceptors (Lipinski definition) is 0. The van der Waals surface area contributed by atoms with Gasteiger partial charge in [0.25, 0.3) is 0 Å². The predicted octanol–water partition coefficient (Wildman–Crippen LogP) is 15.0. The molecule has 0 aliphatic rings. The van der Waals surface area contributed by atoms with E-state index in [0.29, 0.717) is 0 Å². The van der Waals surface area contributed by atoms with Gasteiger partial charge in [-0.15, -0.1) is 0 Å². The van der Waals surface area contributed by atoms with Crippen LogP contribution in [0, 0.1) is 13.8 Å². The van der Waals surface area contributed by atoms with Gasteiger partial charge < -0.3 is 0 Å². The van der Waals surface area contributed by atoms with Crippen LogP contribution >= 0.6 is 0 Å². The highest BCUT2D eigenvalue weighted by atomic mass is 14.1. The highest BCUT2D eigenvalue weighted by molar-refractivity contribution is 5.99. The van der Waals surface area contributed by atoms with Gasteiger partial charge in [0.15, 0.2) is 0 Å². The van der Waals surface area contributed by atoms with Gasteiger partial charge in [-0.25, -0.2) is 0 Å². The monoisotopic (exact) mass is 716 g/mol. The van der Waals surface area contributed by atoms with Crippen molar-refractivity contribution in [2.24, 2.45) is 0 Å². The molecule has 0 bridgehead atoms. The van der Waals surface area contributed by atoms with E-state index < -0.39 is 0 Å². The third kappa shape index (κ3) is 8.36. The van der Waals surface area contributed by atoms with Gasteiger partial charge in [-0.3, -0.25) is 0 Å². The fraction of sp³-hybridized carbons (Fsp3) is 0.0357. The molecular weight excluding hydrogens is 673 g/mol. The van der Waals surface area contributed by atoms with E-state index in [1.165, 1.54) is 88.7 Å². The summed E-state index contributed by atoms with van der Waals surface area (Å²) in [5.74, 6) is 0. The number of rotatable bonds is 10. The van der Waals surface area contributed by atoms with E-state index in [0.717, 1.165) is 0 Å². The molecule has 268 valence electrons. The molecule has 0 heterocycles. The molecule has 8 aromatic rings. The highest BCUT2D eigenvalue weighted by Crippen LogP contribution is 2.31. The van der Waals surface area contributed by atoms with Crippen LogP contribution in [0.4, 0.5) is 0 Å². The van der Waals surface area contributed by atoms with Crippen molar-refractivity contribution >= 4 is 58.4 Å². The molecule has 0 N–H and O–H groups in total. The van der Waals surface area contributed by atoms with E-state index in [2.05, 4.69) is 244 Å². The largest absolute Gasteiger partial charge is 0.0622 e. The zero-order valence-electron chi connectivity index (χ0n) is 31.9. The predicted molar refractivity (Wildman–Crippen MR) is 244 cm³/mol. The standard InChI is InChI=1S/C56H44/c1-41-37-43(29-33-51(41)39-55(45-17-7-3-8-18-45)46-19-9-4-10-20-46)27-31-49-35-36-50(54-26-16-15-25-53(49)54)32-28-44-30-34-52(42(2)38-44)40-56(47-21-11-5-12-22-47)48-23-13-6-14-24-48/h3-40H,1-2H3. The second kappa shape index (κ2) is 17.0. The Hall–Kier alpha value is -7.02. The van der Waals surface area contributed by atoms with Gasteiger partial charge in [0.05, 0.1) is 0 Å². The van der Waals surface area contributed by atoms with Gasteiger partial charge in [-0.2, -0.15) is 0 Å². The third-order valence-electron chi connectivity index (χ3n) is 10.4. The van der Waals surface area contributed by atoms with Crippen LogP contribution in [0.3, 0.4) is 0 Å². The normalized spacial score (nSPS) is 11.2. The minimum absolute atomic E-state index is 1.18. The Labute approximate surface area is 331 Å².